The molecule has 0 saturated heterocycles. The smallest absolute Gasteiger partial charge is 0.408 e. The third-order valence-electron chi connectivity index (χ3n) is 3.31. The van der Waals surface area contributed by atoms with Gasteiger partial charge in [0.25, 0.3) is 0 Å². The minimum atomic E-state index is -1.46. The summed E-state index contributed by atoms with van der Waals surface area (Å²) < 4.78 is 5.20. The first-order valence-electron chi connectivity index (χ1n) is 6.91. The Hall–Kier alpha value is -1.59. The zero-order valence-electron chi connectivity index (χ0n) is 12.3. The number of aliphatic carboxylic acids is 1. The van der Waals surface area contributed by atoms with Crippen molar-refractivity contribution in [3.05, 3.63) is 0 Å². The normalized spacial score (nSPS) is 18.1. The van der Waals surface area contributed by atoms with Crippen LogP contribution in [0, 0.1) is 0 Å². The number of carboxylic acid groups (broad SMARTS) is 1. The minimum absolute atomic E-state index is 0.179. The number of nitrogens with one attached hydrogen (secondary N) is 1. The van der Waals surface area contributed by atoms with E-state index >= 15 is 0 Å². The fourth-order valence-corrected chi connectivity index (χ4v) is 2.48. The Morgan fingerprint density at radius 1 is 1.15 bits per heavy atom. The first kappa shape index (κ1) is 16.5. The van der Waals surface area contributed by atoms with E-state index in [0.717, 1.165) is 19.3 Å². The van der Waals surface area contributed by atoms with Gasteiger partial charge in [-0.05, 0) is 33.6 Å². The number of Topliss-reactive ketones (excluding diaryl/α,β-unsaturated/α-hetero) is 1. The van der Waals surface area contributed by atoms with E-state index in [2.05, 4.69) is 5.32 Å². The summed E-state index contributed by atoms with van der Waals surface area (Å²) in [6.07, 6.45) is 3.18. The highest BCUT2D eigenvalue weighted by Crippen LogP contribution is 2.31. The van der Waals surface area contributed by atoms with Gasteiger partial charge in [-0.1, -0.05) is 19.3 Å². The molecular formula is C14H23NO5. The quantitative estimate of drug-likeness (QED) is 0.773. The van der Waals surface area contributed by atoms with Gasteiger partial charge in [0, 0.05) is 6.42 Å². The molecule has 0 bridgehead atoms. The van der Waals surface area contributed by atoms with Crippen molar-refractivity contribution in [3.8, 4) is 0 Å². The Balaban J connectivity index is 2.75. The van der Waals surface area contributed by atoms with Crippen molar-refractivity contribution in [3.63, 3.8) is 0 Å². The van der Waals surface area contributed by atoms with E-state index in [-0.39, 0.29) is 6.42 Å². The van der Waals surface area contributed by atoms with Crippen LogP contribution in [0.2, 0.25) is 0 Å². The number of rotatable bonds is 4. The van der Waals surface area contributed by atoms with Crippen LogP contribution >= 0.6 is 0 Å². The van der Waals surface area contributed by atoms with Crippen LogP contribution in [0.25, 0.3) is 0 Å². The zero-order valence-corrected chi connectivity index (χ0v) is 12.3. The lowest BCUT2D eigenvalue weighted by Crippen LogP contribution is -2.52. The number of hydrogen-bond acceptors (Lipinski definition) is 4. The second-order valence-corrected chi connectivity index (χ2v) is 6.37. The largest absolute Gasteiger partial charge is 0.475 e. The van der Waals surface area contributed by atoms with Crippen LogP contribution in [0.5, 0.6) is 0 Å². The summed E-state index contributed by atoms with van der Waals surface area (Å²) in [4.78, 5) is 34.1. The lowest BCUT2D eigenvalue weighted by molar-refractivity contribution is -0.150. The highest BCUT2D eigenvalue weighted by Gasteiger charge is 2.38. The monoisotopic (exact) mass is 285 g/mol. The first-order valence-corrected chi connectivity index (χ1v) is 6.91. The topological polar surface area (TPSA) is 92.7 Å². The summed E-state index contributed by atoms with van der Waals surface area (Å²) in [6, 6.07) is 0. The predicted molar refractivity (Wildman–Crippen MR) is 72.4 cm³/mol. The molecule has 0 radical (unpaired) electrons. The molecule has 1 rings (SSSR count). The van der Waals surface area contributed by atoms with Crippen LogP contribution in [0.3, 0.4) is 0 Å². The fourth-order valence-electron chi connectivity index (χ4n) is 2.48. The Morgan fingerprint density at radius 3 is 2.15 bits per heavy atom. The Bertz CT molecular complexity index is 391. The molecule has 0 unspecified atom stereocenters. The van der Waals surface area contributed by atoms with Crippen LogP contribution in [-0.2, 0) is 14.3 Å². The molecule has 0 aliphatic heterocycles. The molecule has 0 aromatic rings. The summed E-state index contributed by atoms with van der Waals surface area (Å²) in [5.41, 5.74) is -1.41. The SMILES string of the molecule is CC(C)(C)OC(=O)NC1(CC(=O)C(=O)O)CCCCC1. The van der Waals surface area contributed by atoms with Gasteiger partial charge in [-0.15, -0.1) is 0 Å². The van der Waals surface area contributed by atoms with Crippen molar-refractivity contribution in [2.75, 3.05) is 0 Å². The van der Waals surface area contributed by atoms with Crippen molar-refractivity contribution in [1.29, 1.82) is 0 Å². The van der Waals surface area contributed by atoms with Crippen molar-refractivity contribution >= 4 is 17.8 Å². The highest BCUT2D eigenvalue weighted by molar-refractivity contribution is 6.32. The third-order valence-corrected chi connectivity index (χ3v) is 3.31. The maximum Gasteiger partial charge on any atom is 0.408 e. The molecule has 2 N–H and O–H groups in total. The molecule has 0 heterocycles. The minimum Gasteiger partial charge on any atom is -0.475 e. The Labute approximate surface area is 118 Å². The van der Waals surface area contributed by atoms with Gasteiger partial charge >= 0.3 is 12.1 Å². The number of alkyl carbamates (subject to hydrolysis) is 1. The van der Waals surface area contributed by atoms with E-state index in [0.29, 0.717) is 12.8 Å². The number of carboxylic acids is 1. The van der Waals surface area contributed by atoms with Gasteiger partial charge in [-0.2, -0.15) is 0 Å². The van der Waals surface area contributed by atoms with E-state index in [1.165, 1.54) is 0 Å². The molecule has 6 nitrogen and oxygen atoms in total. The Morgan fingerprint density at radius 2 is 1.70 bits per heavy atom. The lowest BCUT2D eigenvalue weighted by Gasteiger charge is -2.37. The van der Waals surface area contributed by atoms with Gasteiger partial charge in [0.2, 0.25) is 5.78 Å². The number of hydrogen-bond donors (Lipinski definition) is 2. The zero-order chi connectivity index (χ0) is 15.4. The second kappa shape index (κ2) is 6.24. The number of ketones is 1. The van der Waals surface area contributed by atoms with Crippen LogP contribution in [0.15, 0.2) is 0 Å². The predicted octanol–water partition coefficient (Wildman–Crippen LogP) is 2.26. The van der Waals surface area contributed by atoms with E-state index in [4.69, 9.17) is 9.84 Å². The first-order chi connectivity index (χ1) is 9.14. The van der Waals surface area contributed by atoms with Gasteiger partial charge in [0.1, 0.15) is 5.60 Å². The maximum atomic E-state index is 11.9. The molecule has 114 valence electrons. The number of carbonyl (C=O) groups is 3. The standard InChI is InChI=1S/C14H23NO5/c1-13(2,3)20-12(19)15-14(7-5-4-6-8-14)9-10(16)11(17)18/h4-9H2,1-3H3,(H,15,19)(H,17,18). The average Bonchev–Trinajstić information content (AvgIpc) is 2.26. The van der Waals surface area contributed by atoms with E-state index in [9.17, 15) is 14.4 Å². The van der Waals surface area contributed by atoms with Gasteiger partial charge in [0.15, 0.2) is 0 Å². The average molecular weight is 285 g/mol. The summed E-state index contributed by atoms with van der Waals surface area (Å²) in [7, 11) is 0. The van der Waals surface area contributed by atoms with Crippen molar-refractivity contribution in [2.24, 2.45) is 0 Å². The molecule has 1 saturated carbocycles. The highest BCUT2D eigenvalue weighted by atomic mass is 16.6. The lowest BCUT2D eigenvalue weighted by atomic mass is 9.78. The van der Waals surface area contributed by atoms with Crippen molar-refractivity contribution in [1.82, 2.24) is 5.32 Å². The molecule has 0 spiro atoms. The number of ether oxygens (including phenoxy) is 1. The molecule has 20 heavy (non-hydrogen) atoms. The van der Waals surface area contributed by atoms with Crippen LogP contribution in [0.4, 0.5) is 4.79 Å². The molecule has 1 aliphatic carbocycles. The molecule has 6 heteroatoms. The van der Waals surface area contributed by atoms with Crippen LogP contribution in [0.1, 0.15) is 59.3 Å². The Kier molecular flexibility index (Phi) is 5.14. The molecule has 0 aromatic carbocycles. The summed E-state index contributed by atoms with van der Waals surface area (Å²) in [5, 5.41) is 11.5. The summed E-state index contributed by atoms with van der Waals surface area (Å²) in [5.74, 6) is -2.33. The molecule has 1 aliphatic rings. The van der Waals surface area contributed by atoms with Crippen LogP contribution < -0.4 is 5.32 Å². The molecule has 1 amide bonds. The molecule has 1 fully saturated rings. The van der Waals surface area contributed by atoms with Crippen molar-refractivity contribution in [2.45, 2.75) is 70.4 Å². The molecule has 0 aromatic heterocycles. The second-order valence-electron chi connectivity index (χ2n) is 6.37. The van der Waals surface area contributed by atoms with Crippen molar-refractivity contribution < 1.29 is 24.2 Å². The molecular weight excluding hydrogens is 262 g/mol. The number of carbonyl (C=O) groups excluding carboxylic acids is 2. The summed E-state index contributed by atoms with van der Waals surface area (Å²) in [6.45, 7) is 5.26. The molecule has 0 atom stereocenters. The van der Waals surface area contributed by atoms with E-state index in [1.807, 2.05) is 0 Å². The van der Waals surface area contributed by atoms with E-state index in [1.54, 1.807) is 20.8 Å². The maximum absolute atomic E-state index is 11.9. The van der Waals surface area contributed by atoms with Gasteiger partial charge in [-0.3, -0.25) is 4.79 Å². The fraction of sp³-hybridized carbons (Fsp3) is 0.786. The summed E-state index contributed by atoms with van der Waals surface area (Å²) >= 11 is 0. The van der Waals surface area contributed by atoms with Gasteiger partial charge in [0.05, 0.1) is 5.54 Å². The van der Waals surface area contributed by atoms with Gasteiger partial charge in [-0.25, -0.2) is 9.59 Å². The number of amides is 1. The van der Waals surface area contributed by atoms with E-state index < -0.39 is 29.0 Å². The van der Waals surface area contributed by atoms with Crippen LogP contribution in [-0.4, -0.2) is 34.1 Å². The third kappa shape index (κ3) is 5.19. The van der Waals surface area contributed by atoms with Gasteiger partial charge < -0.3 is 15.2 Å².